The molecule has 160 valence electrons. The van der Waals surface area contributed by atoms with Gasteiger partial charge in [-0.15, -0.1) is 0 Å². The number of sulfone groups is 1. The van der Waals surface area contributed by atoms with E-state index in [1.807, 2.05) is 47.0 Å². The standard InChI is InChI=1S/C24H23ClN2O3S/c1-4-31(28,29)20-8-5-7-19(15-20)30-18-12-10-17(11-13-18)23-22(16(2)3)26-24-21(25)9-6-14-27(23)24/h5-16H,4H2,1-3H3. The van der Waals surface area contributed by atoms with E-state index in [2.05, 4.69) is 13.8 Å². The van der Waals surface area contributed by atoms with Crippen molar-refractivity contribution in [3.8, 4) is 22.8 Å². The maximum atomic E-state index is 12.1. The number of benzene rings is 2. The molecule has 2 heterocycles. The lowest BCUT2D eigenvalue weighted by Crippen LogP contribution is -2.03. The summed E-state index contributed by atoms with van der Waals surface area (Å²) in [5.74, 6) is 1.37. The Hall–Kier alpha value is -2.83. The molecule has 0 aliphatic carbocycles. The predicted octanol–water partition coefficient (Wildman–Crippen LogP) is 6.36. The summed E-state index contributed by atoms with van der Waals surface area (Å²) in [5, 5.41) is 0.609. The minimum absolute atomic E-state index is 0.0483. The first-order valence-electron chi connectivity index (χ1n) is 10.1. The van der Waals surface area contributed by atoms with Gasteiger partial charge >= 0.3 is 0 Å². The van der Waals surface area contributed by atoms with Crippen molar-refractivity contribution >= 4 is 27.1 Å². The summed E-state index contributed by atoms with van der Waals surface area (Å²) >= 11 is 6.36. The van der Waals surface area contributed by atoms with Crippen LogP contribution in [0.15, 0.2) is 71.8 Å². The Morgan fingerprint density at radius 2 is 1.77 bits per heavy atom. The number of pyridine rings is 1. The smallest absolute Gasteiger partial charge is 0.178 e. The molecule has 31 heavy (non-hydrogen) atoms. The highest BCUT2D eigenvalue weighted by Gasteiger charge is 2.18. The van der Waals surface area contributed by atoms with Crippen LogP contribution in [0, 0.1) is 0 Å². The van der Waals surface area contributed by atoms with Crippen molar-refractivity contribution in [2.45, 2.75) is 31.6 Å². The number of hydrogen-bond donors (Lipinski definition) is 0. The molecule has 0 saturated heterocycles. The van der Waals surface area contributed by atoms with Crippen LogP contribution >= 0.6 is 11.6 Å². The summed E-state index contributed by atoms with van der Waals surface area (Å²) < 4.78 is 32.2. The molecule has 0 atom stereocenters. The molecule has 0 saturated carbocycles. The largest absolute Gasteiger partial charge is 0.457 e. The summed E-state index contributed by atoms with van der Waals surface area (Å²) in [4.78, 5) is 5.02. The van der Waals surface area contributed by atoms with Gasteiger partial charge in [0, 0.05) is 11.8 Å². The van der Waals surface area contributed by atoms with Crippen LogP contribution in [0.25, 0.3) is 16.9 Å². The lowest BCUT2D eigenvalue weighted by Gasteiger charge is -2.10. The third-order valence-electron chi connectivity index (χ3n) is 5.08. The summed E-state index contributed by atoms with van der Waals surface area (Å²) in [6, 6.07) is 18.0. The van der Waals surface area contributed by atoms with Crippen LogP contribution in [0.5, 0.6) is 11.5 Å². The van der Waals surface area contributed by atoms with E-state index in [0.717, 1.165) is 22.6 Å². The monoisotopic (exact) mass is 454 g/mol. The fourth-order valence-electron chi connectivity index (χ4n) is 3.46. The van der Waals surface area contributed by atoms with Crippen LogP contribution < -0.4 is 4.74 Å². The normalized spacial score (nSPS) is 11.9. The average Bonchev–Trinajstić information content (AvgIpc) is 3.16. The summed E-state index contributed by atoms with van der Waals surface area (Å²) in [6.07, 6.45) is 1.96. The van der Waals surface area contributed by atoms with Crippen molar-refractivity contribution in [3.63, 3.8) is 0 Å². The summed E-state index contributed by atoms with van der Waals surface area (Å²) in [6.45, 7) is 5.84. The molecule has 0 aliphatic heterocycles. The van der Waals surface area contributed by atoms with Crippen molar-refractivity contribution in [3.05, 3.63) is 77.6 Å². The average molecular weight is 455 g/mol. The van der Waals surface area contributed by atoms with Gasteiger partial charge in [0.05, 0.1) is 27.1 Å². The van der Waals surface area contributed by atoms with Gasteiger partial charge in [-0.1, -0.05) is 38.4 Å². The number of rotatable bonds is 6. The van der Waals surface area contributed by atoms with E-state index in [-0.39, 0.29) is 16.6 Å². The van der Waals surface area contributed by atoms with Crippen molar-refractivity contribution in [2.24, 2.45) is 0 Å². The fourth-order valence-corrected chi connectivity index (χ4v) is 4.58. The predicted molar refractivity (Wildman–Crippen MR) is 124 cm³/mol. The Morgan fingerprint density at radius 3 is 2.45 bits per heavy atom. The molecule has 4 rings (SSSR count). The van der Waals surface area contributed by atoms with E-state index in [1.165, 1.54) is 0 Å². The maximum Gasteiger partial charge on any atom is 0.178 e. The van der Waals surface area contributed by atoms with E-state index in [4.69, 9.17) is 21.3 Å². The first kappa shape index (κ1) is 21.4. The van der Waals surface area contributed by atoms with Gasteiger partial charge in [-0.2, -0.15) is 0 Å². The number of fused-ring (bicyclic) bond motifs is 1. The molecular weight excluding hydrogens is 432 g/mol. The Morgan fingerprint density at radius 1 is 1.03 bits per heavy atom. The SMILES string of the molecule is CCS(=O)(=O)c1cccc(Oc2ccc(-c3c(C(C)C)nc4c(Cl)cccn34)cc2)c1. The highest BCUT2D eigenvalue weighted by atomic mass is 35.5. The van der Waals surface area contributed by atoms with Crippen LogP contribution in [-0.2, 0) is 9.84 Å². The van der Waals surface area contributed by atoms with Crippen LogP contribution in [0.3, 0.4) is 0 Å². The highest BCUT2D eigenvalue weighted by molar-refractivity contribution is 7.91. The Bertz CT molecular complexity index is 1340. The van der Waals surface area contributed by atoms with Crippen LogP contribution in [0.2, 0.25) is 5.02 Å². The van der Waals surface area contributed by atoms with E-state index >= 15 is 0 Å². The van der Waals surface area contributed by atoms with Crippen molar-refractivity contribution in [2.75, 3.05) is 5.75 Å². The summed E-state index contributed by atoms with van der Waals surface area (Å²) in [7, 11) is -3.29. The van der Waals surface area contributed by atoms with Gasteiger partial charge in [0.2, 0.25) is 0 Å². The molecular formula is C24H23ClN2O3S. The molecule has 7 heteroatoms. The molecule has 5 nitrogen and oxygen atoms in total. The minimum Gasteiger partial charge on any atom is -0.457 e. The number of aromatic nitrogens is 2. The number of ether oxygens (including phenoxy) is 1. The molecule has 4 aromatic rings. The van der Waals surface area contributed by atoms with Gasteiger partial charge in [0.15, 0.2) is 15.5 Å². The Kier molecular flexibility index (Phi) is 5.77. The minimum atomic E-state index is -3.29. The third-order valence-corrected chi connectivity index (χ3v) is 7.11. The first-order chi connectivity index (χ1) is 14.8. The lowest BCUT2D eigenvalue weighted by molar-refractivity contribution is 0.481. The quantitative estimate of drug-likeness (QED) is 0.340. The molecule has 2 aromatic carbocycles. The molecule has 0 bridgehead atoms. The van der Waals surface area contributed by atoms with Crippen LogP contribution in [0.1, 0.15) is 32.4 Å². The second-order valence-corrected chi connectivity index (χ2v) is 10.2. The Labute approximate surface area is 187 Å². The molecule has 0 spiro atoms. The lowest BCUT2D eigenvalue weighted by atomic mass is 10.0. The van der Waals surface area contributed by atoms with Crippen molar-refractivity contribution in [1.29, 1.82) is 0 Å². The molecule has 0 N–H and O–H groups in total. The van der Waals surface area contributed by atoms with Gasteiger partial charge in [-0.05, 0) is 60.5 Å². The molecule has 0 aliphatic rings. The van der Waals surface area contributed by atoms with Crippen molar-refractivity contribution in [1.82, 2.24) is 9.38 Å². The van der Waals surface area contributed by atoms with E-state index < -0.39 is 9.84 Å². The topological polar surface area (TPSA) is 60.7 Å². The van der Waals surface area contributed by atoms with Crippen LogP contribution in [-0.4, -0.2) is 23.6 Å². The second kappa shape index (κ2) is 8.36. The van der Waals surface area contributed by atoms with Gasteiger partial charge in [0.25, 0.3) is 0 Å². The maximum absolute atomic E-state index is 12.1. The van der Waals surface area contributed by atoms with Crippen LogP contribution in [0.4, 0.5) is 0 Å². The number of nitrogens with zero attached hydrogens (tertiary/aromatic N) is 2. The second-order valence-electron chi connectivity index (χ2n) is 7.55. The molecule has 0 unspecified atom stereocenters. The van der Waals surface area contributed by atoms with Crippen molar-refractivity contribution < 1.29 is 13.2 Å². The molecule has 2 aromatic heterocycles. The third kappa shape index (κ3) is 4.18. The zero-order valence-corrected chi connectivity index (χ0v) is 19.1. The van der Waals surface area contributed by atoms with Gasteiger partial charge in [0.1, 0.15) is 11.5 Å². The fraction of sp³-hybridized carbons (Fsp3) is 0.208. The molecule has 0 fully saturated rings. The molecule has 0 radical (unpaired) electrons. The zero-order chi connectivity index (χ0) is 22.2. The van der Waals surface area contributed by atoms with Gasteiger partial charge < -0.3 is 4.74 Å². The van der Waals surface area contributed by atoms with E-state index in [9.17, 15) is 8.42 Å². The number of imidazole rings is 1. The summed E-state index contributed by atoms with van der Waals surface area (Å²) in [5.41, 5.74) is 3.69. The molecule has 0 amide bonds. The van der Waals surface area contributed by atoms with E-state index in [1.54, 1.807) is 31.2 Å². The Balaban J connectivity index is 1.68. The zero-order valence-electron chi connectivity index (χ0n) is 17.5. The number of halogens is 1. The van der Waals surface area contributed by atoms with E-state index in [0.29, 0.717) is 16.5 Å². The number of hydrogen-bond acceptors (Lipinski definition) is 4. The first-order valence-corrected chi connectivity index (χ1v) is 12.1. The highest BCUT2D eigenvalue weighted by Crippen LogP contribution is 2.34. The van der Waals surface area contributed by atoms with Gasteiger partial charge in [-0.25, -0.2) is 13.4 Å². The van der Waals surface area contributed by atoms with Gasteiger partial charge in [-0.3, -0.25) is 4.40 Å².